The van der Waals surface area contributed by atoms with Gasteiger partial charge in [0.2, 0.25) is 11.8 Å². The lowest BCUT2D eigenvalue weighted by Gasteiger charge is -2.20. The molecule has 7 heteroatoms. The van der Waals surface area contributed by atoms with Gasteiger partial charge in [-0.1, -0.05) is 12.8 Å². The molecule has 2 aliphatic heterocycles. The van der Waals surface area contributed by atoms with Crippen molar-refractivity contribution in [1.82, 2.24) is 15.5 Å². The Labute approximate surface area is 123 Å². The zero-order valence-corrected chi connectivity index (χ0v) is 12.2. The van der Waals surface area contributed by atoms with Crippen LogP contribution in [-0.2, 0) is 9.59 Å². The van der Waals surface area contributed by atoms with E-state index >= 15 is 0 Å². The third-order valence-electron chi connectivity index (χ3n) is 4.02. The first-order valence-electron chi connectivity index (χ1n) is 7.65. The second-order valence-corrected chi connectivity index (χ2v) is 5.83. The lowest BCUT2D eigenvalue weighted by Crippen LogP contribution is -2.42. The summed E-state index contributed by atoms with van der Waals surface area (Å²) < 4.78 is 26.0. The van der Waals surface area contributed by atoms with Crippen LogP contribution in [0.2, 0.25) is 0 Å². The van der Waals surface area contributed by atoms with Gasteiger partial charge in [-0.15, -0.1) is 0 Å². The summed E-state index contributed by atoms with van der Waals surface area (Å²) in [6.45, 7) is 1.31. The first-order chi connectivity index (χ1) is 9.98. The van der Waals surface area contributed by atoms with Crippen LogP contribution in [0.25, 0.3) is 0 Å². The van der Waals surface area contributed by atoms with Crippen molar-refractivity contribution >= 4 is 11.8 Å². The molecule has 2 rings (SSSR count). The largest absolute Gasteiger partial charge is 0.354 e. The molecular formula is C14H23F2N3O2. The van der Waals surface area contributed by atoms with Crippen molar-refractivity contribution in [1.29, 1.82) is 0 Å². The number of rotatable bonds is 4. The van der Waals surface area contributed by atoms with Crippen molar-refractivity contribution in [3.63, 3.8) is 0 Å². The summed E-state index contributed by atoms with van der Waals surface area (Å²) in [5.41, 5.74) is 0. The number of alkyl halides is 2. The van der Waals surface area contributed by atoms with Gasteiger partial charge in [-0.3, -0.25) is 14.9 Å². The van der Waals surface area contributed by atoms with E-state index in [2.05, 4.69) is 10.6 Å². The fourth-order valence-corrected chi connectivity index (χ4v) is 2.79. The summed E-state index contributed by atoms with van der Waals surface area (Å²) in [6.07, 6.45) is 4.12. The standard InChI is InChI=1S/C14H23F2N3O2/c15-14(16)9-11(18-10-14)13(21)17-6-5-12(20)19-7-3-1-2-4-8-19/h11,18H,1-10H2,(H,17,21). The summed E-state index contributed by atoms with van der Waals surface area (Å²) in [4.78, 5) is 25.5. The van der Waals surface area contributed by atoms with Gasteiger partial charge in [0.25, 0.3) is 5.92 Å². The molecule has 1 atom stereocenters. The Hall–Kier alpha value is -1.24. The second kappa shape index (κ2) is 7.15. The van der Waals surface area contributed by atoms with Gasteiger partial charge in [0, 0.05) is 32.5 Å². The Morgan fingerprint density at radius 3 is 2.43 bits per heavy atom. The highest BCUT2D eigenvalue weighted by molar-refractivity contribution is 5.83. The number of nitrogens with one attached hydrogen (secondary N) is 2. The maximum atomic E-state index is 13.0. The minimum atomic E-state index is -2.82. The first-order valence-corrected chi connectivity index (χ1v) is 7.65. The van der Waals surface area contributed by atoms with Gasteiger partial charge in [-0.2, -0.15) is 0 Å². The zero-order valence-electron chi connectivity index (χ0n) is 12.2. The van der Waals surface area contributed by atoms with Crippen molar-refractivity contribution < 1.29 is 18.4 Å². The lowest BCUT2D eigenvalue weighted by molar-refractivity contribution is -0.131. The van der Waals surface area contributed by atoms with Crippen LogP contribution in [0, 0.1) is 0 Å². The average molecular weight is 303 g/mol. The van der Waals surface area contributed by atoms with Gasteiger partial charge < -0.3 is 10.2 Å². The number of hydrogen-bond donors (Lipinski definition) is 2. The summed E-state index contributed by atoms with van der Waals surface area (Å²) >= 11 is 0. The van der Waals surface area contributed by atoms with Crippen LogP contribution in [0.1, 0.15) is 38.5 Å². The van der Waals surface area contributed by atoms with E-state index in [1.54, 1.807) is 0 Å². The van der Waals surface area contributed by atoms with Crippen molar-refractivity contribution in [2.45, 2.75) is 50.5 Å². The number of amides is 2. The van der Waals surface area contributed by atoms with E-state index in [4.69, 9.17) is 0 Å². The minimum absolute atomic E-state index is 0.0295. The van der Waals surface area contributed by atoms with Gasteiger partial charge >= 0.3 is 0 Å². The van der Waals surface area contributed by atoms with E-state index in [1.807, 2.05) is 4.90 Å². The Balaban J connectivity index is 1.66. The van der Waals surface area contributed by atoms with Crippen LogP contribution < -0.4 is 10.6 Å². The van der Waals surface area contributed by atoms with Crippen LogP contribution in [0.3, 0.4) is 0 Å². The molecule has 0 aliphatic carbocycles. The Bertz CT molecular complexity index is 366. The monoisotopic (exact) mass is 303 g/mol. The predicted molar refractivity (Wildman–Crippen MR) is 74.0 cm³/mol. The van der Waals surface area contributed by atoms with Crippen LogP contribution in [-0.4, -0.2) is 54.9 Å². The number of nitrogens with zero attached hydrogens (tertiary/aromatic N) is 1. The summed E-state index contributed by atoms with van der Waals surface area (Å²) in [5.74, 6) is -3.23. The van der Waals surface area contributed by atoms with Gasteiger partial charge in [-0.25, -0.2) is 8.78 Å². The smallest absolute Gasteiger partial charge is 0.262 e. The highest BCUT2D eigenvalue weighted by Crippen LogP contribution is 2.24. The van der Waals surface area contributed by atoms with E-state index < -0.39 is 30.8 Å². The van der Waals surface area contributed by atoms with Crippen molar-refractivity contribution in [2.75, 3.05) is 26.2 Å². The Morgan fingerprint density at radius 1 is 1.19 bits per heavy atom. The molecule has 0 radical (unpaired) electrons. The number of carbonyl (C=O) groups excluding carboxylic acids is 2. The lowest BCUT2D eigenvalue weighted by atomic mass is 10.2. The number of likely N-dealkylation sites (tertiary alicyclic amines) is 1. The fourth-order valence-electron chi connectivity index (χ4n) is 2.79. The van der Waals surface area contributed by atoms with Crippen LogP contribution in [0.4, 0.5) is 8.78 Å². The molecular weight excluding hydrogens is 280 g/mol. The zero-order chi connectivity index (χ0) is 15.3. The number of halogens is 2. The molecule has 0 saturated carbocycles. The van der Waals surface area contributed by atoms with Crippen molar-refractivity contribution in [3.8, 4) is 0 Å². The van der Waals surface area contributed by atoms with E-state index in [1.165, 1.54) is 0 Å². The molecule has 2 fully saturated rings. The SMILES string of the molecule is O=C(NCCC(=O)N1CCCCCC1)C1CC(F)(F)CN1. The third-order valence-corrected chi connectivity index (χ3v) is 4.02. The van der Waals surface area contributed by atoms with E-state index in [0.29, 0.717) is 0 Å². The average Bonchev–Trinajstić information content (AvgIpc) is 2.66. The Kier molecular flexibility index (Phi) is 5.50. The maximum Gasteiger partial charge on any atom is 0.262 e. The second-order valence-electron chi connectivity index (χ2n) is 5.83. The first kappa shape index (κ1) is 16.1. The molecule has 0 bridgehead atoms. The van der Waals surface area contributed by atoms with Gasteiger partial charge in [0.15, 0.2) is 0 Å². The molecule has 0 aromatic heterocycles. The third kappa shape index (κ3) is 4.91. The molecule has 2 saturated heterocycles. The van der Waals surface area contributed by atoms with E-state index in [0.717, 1.165) is 38.8 Å². The van der Waals surface area contributed by atoms with Crippen molar-refractivity contribution in [3.05, 3.63) is 0 Å². The molecule has 0 aromatic carbocycles. The molecule has 1 unspecified atom stereocenters. The molecule has 2 N–H and O–H groups in total. The molecule has 2 aliphatic rings. The summed E-state index contributed by atoms with van der Waals surface area (Å²) in [6, 6.07) is -0.853. The van der Waals surface area contributed by atoms with Crippen LogP contribution >= 0.6 is 0 Å². The van der Waals surface area contributed by atoms with Gasteiger partial charge in [0.05, 0.1) is 12.6 Å². The van der Waals surface area contributed by atoms with Crippen LogP contribution in [0.5, 0.6) is 0 Å². The molecule has 21 heavy (non-hydrogen) atoms. The molecule has 2 heterocycles. The maximum absolute atomic E-state index is 13.0. The van der Waals surface area contributed by atoms with E-state index in [-0.39, 0.29) is 18.9 Å². The molecule has 0 aromatic rings. The number of carbonyl (C=O) groups is 2. The van der Waals surface area contributed by atoms with E-state index in [9.17, 15) is 18.4 Å². The highest BCUT2D eigenvalue weighted by Gasteiger charge is 2.42. The van der Waals surface area contributed by atoms with Gasteiger partial charge in [0.1, 0.15) is 0 Å². The fraction of sp³-hybridized carbons (Fsp3) is 0.857. The van der Waals surface area contributed by atoms with Crippen molar-refractivity contribution in [2.24, 2.45) is 0 Å². The van der Waals surface area contributed by atoms with Crippen LogP contribution in [0.15, 0.2) is 0 Å². The normalized spacial score (nSPS) is 25.4. The topological polar surface area (TPSA) is 61.4 Å². The summed E-state index contributed by atoms with van der Waals surface area (Å²) in [5, 5.41) is 5.06. The molecule has 120 valence electrons. The highest BCUT2D eigenvalue weighted by atomic mass is 19.3. The minimum Gasteiger partial charge on any atom is -0.354 e. The molecule has 5 nitrogen and oxygen atoms in total. The van der Waals surface area contributed by atoms with Gasteiger partial charge in [-0.05, 0) is 12.8 Å². The molecule has 0 spiro atoms. The molecule has 2 amide bonds. The predicted octanol–water partition coefficient (Wildman–Crippen LogP) is 0.892. The quantitative estimate of drug-likeness (QED) is 0.811. The summed E-state index contributed by atoms with van der Waals surface area (Å²) in [7, 11) is 0. The Morgan fingerprint density at radius 2 is 1.86 bits per heavy atom. The number of hydrogen-bond acceptors (Lipinski definition) is 3.